The lowest BCUT2D eigenvalue weighted by atomic mass is 10.1. The predicted molar refractivity (Wildman–Crippen MR) is 63.3 cm³/mol. The highest BCUT2D eigenvalue weighted by molar-refractivity contribution is 5.48. The van der Waals surface area contributed by atoms with E-state index < -0.39 is 0 Å². The van der Waals surface area contributed by atoms with Gasteiger partial charge in [0.15, 0.2) is 0 Å². The van der Waals surface area contributed by atoms with Crippen molar-refractivity contribution in [2.24, 2.45) is 5.92 Å². The molecule has 0 saturated carbocycles. The van der Waals surface area contributed by atoms with Gasteiger partial charge < -0.3 is 10.1 Å². The van der Waals surface area contributed by atoms with Gasteiger partial charge in [0.25, 0.3) is 0 Å². The first kappa shape index (κ1) is 10.5. The van der Waals surface area contributed by atoms with Gasteiger partial charge in [-0.1, -0.05) is 6.07 Å². The molecule has 0 amide bonds. The summed E-state index contributed by atoms with van der Waals surface area (Å²) >= 11 is 0. The Bertz CT molecular complexity index is 309. The van der Waals surface area contributed by atoms with E-state index in [2.05, 4.69) is 37.4 Å². The minimum Gasteiger partial charge on any atom is -0.385 e. The topological polar surface area (TPSA) is 21.3 Å². The minimum atomic E-state index is 0.686. The Morgan fingerprint density at radius 3 is 2.60 bits per heavy atom. The van der Waals surface area contributed by atoms with Crippen LogP contribution in [0, 0.1) is 19.8 Å². The van der Waals surface area contributed by atoms with Crippen LogP contribution in [0.15, 0.2) is 18.2 Å². The Balaban J connectivity index is 1.92. The number of hydrogen-bond acceptors (Lipinski definition) is 2. The maximum absolute atomic E-state index is 5.35. The molecule has 2 nitrogen and oxygen atoms in total. The Labute approximate surface area is 91.6 Å². The zero-order chi connectivity index (χ0) is 10.7. The lowest BCUT2D eigenvalue weighted by Gasteiger charge is -2.12. The van der Waals surface area contributed by atoms with Crippen molar-refractivity contribution in [2.75, 3.05) is 25.1 Å². The van der Waals surface area contributed by atoms with Crippen LogP contribution in [-0.2, 0) is 4.74 Å². The summed E-state index contributed by atoms with van der Waals surface area (Å²) in [6.07, 6.45) is 1.19. The van der Waals surface area contributed by atoms with Crippen LogP contribution >= 0.6 is 0 Å². The molecule has 0 radical (unpaired) electrons. The highest BCUT2D eigenvalue weighted by Gasteiger charge is 2.14. The Kier molecular flexibility index (Phi) is 3.27. The van der Waals surface area contributed by atoms with E-state index in [9.17, 15) is 0 Å². The molecular weight excluding hydrogens is 186 g/mol. The molecule has 1 saturated heterocycles. The largest absolute Gasteiger partial charge is 0.385 e. The standard InChI is InChI=1S/C13H19NO/c1-10-5-11(2)7-13(6-10)14-8-12-3-4-15-9-12/h5-7,12,14H,3-4,8-9H2,1-2H3. The predicted octanol–water partition coefficient (Wildman–Crippen LogP) is 2.75. The molecule has 1 aliphatic heterocycles. The summed E-state index contributed by atoms with van der Waals surface area (Å²) in [7, 11) is 0. The summed E-state index contributed by atoms with van der Waals surface area (Å²) in [5.74, 6) is 0.686. The van der Waals surface area contributed by atoms with Gasteiger partial charge in [0, 0.05) is 24.8 Å². The van der Waals surface area contributed by atoms with E-state index in [0.717, 1.165) is 19.8 Å². The SMILES string of the molecule is Cc1cc(C)cc(NCC2CCOC2)c1. The molecular formula is C13H19NO. The molecule has 1 heterocycles. The van der Waals surface area contributed by atoms with E-state index in [1.165, 1.54) is 23.2 Å². The van der Waals surface area contributed by atoms with Crippen LogP contribution in [0.3, 0.4) is 0 Å². The van der Waals surface area contributed by atoms with E-state index in [1.807, 2.05) is 0 Å². The van der Waals surface area contributed by atoms with Gasteiger partial charge in [0.1, 0.15) is 0 Å². The van der Waals surface area contributed by atoms with Crippen molar-refractivity contribution in [2.45, 2.75) is 20.3 Å². The molecule has 1 aliphatic rings. The van der Waals surface area contributed by atoms with Crippen molar-refractivity contribution in [3.05, 3.63) is 29.3 Å². The number of rotatable bonds is 3. The third-order valence-electron chi connectivity index (χ3n) is 2.84. The smallest absolute Gasteiger partial charge is 0.0511 e. The lowest BCUT2D eigenvalue weighted by Crippen LogP contribution is -2.14. The number of anilines is 1. The lowest BCUT2D eigenvalue weighted by molar-refractivity contribution is 0.187. The summed E-state index contributed by atoms with van der Waals surface area (Å²) in [5.41, 5.74) is 3.87. The summed E-state index contributed by atoms with van der Waals surface area (Å²) in [6.45, 7) is 7.15. The first-order chi connectivity index (χ1) is 7.24. The molecule has 2 heteroatoms. The summed E-state index contributed by atoms with van der Waals surface area (Å²) < 4.78 is 5.35. The maximum atomic E-state index is 5.35. The van der Waals surface area contributed by atoms with Crippen molar-refractivity contribution in [1.82, 2.24) is 0 Å². The average molecular weight is 205 g/mol. The van der Waals surface area contributed by atoms with E-state index in [1.54, 1.807) is 0 Å². The first-order valence-electron chi connectivity index (χ1n) is 5.64. The number of ether oxygens (including phenoxy) is 1. The van der Waals surface area contributed by atoms with Gasteiger partial charge in [-0.3, -0.25) is 0 Å². The highest BCUT2D eigenvalue weighted by Crippen LogP contribution is 2.17. The molecule has 0 spiro atoms. The van der Waals surface area contributed by atoms with E-state index >= 15 is 0 Å². The van der Waals surface area contributed by atoms with Gasteiger partial charge in [-0.2, -0.15) is 0 Å². The summed E-state index contributed by atoms with van der Waals surface area (Å²) in [4.78, 5) is 0. The van der Waals surface area contributed by atoms with E-state index in [-0.39, 0.29) is 0 Å². The average Bonchev–Trinajstić information content (AvgIpc) is 2.65. The molecule has 15 heavy (non-hydrogen) atoms. The maximum Gasteiger partial charge on any atom is 0.0511 e. The zero-order valence-electron chi connectivity index (χ0n) is 9.55. The van der Waals surface area contributed by atoms with Crippen molar-refractivity contribution in [1.29, 1.82) is 0 Å². The summed E-state index contributed by atoms with van der Waals surface area (Å²) in [5, 5.41) is 3.49. The third kappa shape index (κ3) is 2.96. The molecule has 1 unspecified atom stereocenters. The van der Waals surface area contributed by atoms with Crippen LogP contribution in [0.25, 0.3) is 0 Å². The van der Waals surface area contributed by atoms with Crippen molar-refractivity contribution in [3.63, 3.8) is 0 Å². The molecule has 1 atom stereocenters. The Morgan fingerprint density at radius 2 is 2.00 bits per heavy atom. The van der Waals surface area contributed by atoms with Crippen molar-refractivity contribution in [3.8, 4) is 0 Å². The number of aryl methyl sites for hydroxylation is 2. The molecule has 0 aliphatic carbocycles. The fraction of sp³-hybridized carbons (Fsp3) is 0.538. The van der Waals surface area contributed by atoms with E-state index in [0.29, 0.717) is 5.92 Å². The second-order valence-corrected chi connectivity index (χ2v) is 4.49. The molecule has 2 rings (SSSR count). The van der Waals surface area contributed by atoms with Crippen LogP contribution in [0.2, 0.25) is 0 Å². The van der Waals surface area contributed by atoms with Gasteiger partial charge in [-0.15, -0.1) is 0 Å². The normalized spacial score (nSPS) is 20.5. The molecule has 1 aromatic rings. The Hall–Kier alpha value is -1.02. The molecule has 1 fully saturated rings. The van der Waals surface area contributed by atoms with Gasteiger partial charge in [-0.05, 0) is 43.5 Å². The second kappa shape index (κ2) is 4.67. The van der Waals surface area contributed by atoms with Crippen LogP contribution in [0.1, 0.15) is 17.5 Å². The molecule has 0 aromatic heterocycles. The second-order valence-electron chi connectivity index (χ2n) is 4.49. The van der Waals surface area contributed by atoms with Crippen LogP contribution in [0.4, 0.5) is 5.69 Å². The molecule has 1 N–H and O–H groups in total. The monoisotopic (exact) mass is 205 g/mol. The van der Waals surface area contributed by atoms with Gasteiger partial charge in [0.2, 0.25) is 0 Å². The van der Waals surface area contributed by atoms with Crippen LogP contribution in [-0.4, -0.2) is 19.8 Å². The van der Waals surface area contributed by atoms with Crippen LogP contribution in [0.5, 0.6) is 0 Å². The van der Waals surface area contributed by atoms with Gasteiger partial charge >= 0.3 is 0 Å². The fourth-order valence-electron chi connectivity index (χ4n) is 2.08. The quantitative estimate of drug-likeness (QED) is 0.819. The van der Waals surface area contributed by atoms with E-state index in [4.69, 9.17) is 4.74 Å². The zero-order valence-corrected chi connectivity index (χ0v) is 9.55. The Morgan fingerprint density at radius 1 is 1.27 bits per heavy atom. The van der Waals surface area contributed by atoms with Crippen molar-refractivity contribution >= 4 is 5.69 Å². The molecule has 0 bridgehead atoms. The number of hydrogen-bond donors (Lipinski definition) is 1. The minimum absolute atomic E-state index is 0.686. The number of nitrogens with one attached hydrogen (secondary N) is 1. The molecule has 1 aromatic carbocycles. The molecule has 82 valence electrons. The highest BCUT2D eigenvalue weighted by atomic mass is 16.5. The van der Waals surface area contributed by atoms with Crippen molar-refractivity contribution < 1.29 is 4.74 Å². The van der Waals surface area contributed by atoms with Gasteiger partial charge in [-0.25, -0.2) is 0 Å². The van der Waals surface area contributed by atoms with Crippen LogP contribution < -0.4 is 5.32 Å². The fourth-order valence-corrected chi connectivity index (χ4v) is 2.08. The summed E-state index contributed by atoms with van der Waals surface area (Å²) in [6, 6.07) is 6.59. The first-order valence-corrected chi connectivity index (χ1v) is 5.64. The van der Waals surface area contributed by atoms with Gasteiger partial charge in [0.05, 0.1) is 6.61 Å². The third-order valence-corrected chi connectivity index (χ3v) is 2.84. The number of benzene rings is 1.